The van der Waals surface area contributed by atoms with Gasteiger partial charge in [-0.25, -0.2) is 8.42 Å². The van der Waals surface area contributed by atoms with Crippen molar-refractivity contribution in [2.45, 2.75) is 48.8 Å². The first kappa shape index (κ1) is 45.0. The first-order chi connectivity index (χ1) is 28.4. The fraction of sp³-hybridized carbons (Fsp3) is 0.524. The van der Waals surface area contributed by atoms with Crippen LogP contribution in [0.5, 0.6) is 11.5 Å². The van der Waals surface area contributed by atoms with Gasteiger partial charge < -0.3 is 28.7 Å². The van der Waals surface area contributed by atoms with E-state index in [1.54, 1.807) is 60.4 Å². The second-order valence-electron chi connectivity index (χ2n) is 14.9. The van der Waals surface area contributed by atoms with Gasteiger partial charge in [0.15, 0.2) is 5.66 Å². The number of hydrogen-bond acceptors (Lipinski definition) is 11. The van der Waals surface area contributed by atoms with Gasteiger partial charge in [-0.15, -0.1) is 0 Å². The summed E-state index contributed by atoms with van der Waals surface area (Å²) in [5.74, 6) is 0.0369. The number of rotatable bonds is 17. The number of nitrogens with one attached hydrogen (secondary N) is 2. The van der Waals surface area contributed by atoms with E-state index in [2.05, 4.69) is 10.6 Å². The topological polar surface area (TPSA) is 142 Å². The zero-order valence-corrected chi connectivity index (χ0v) is 36.6. The molecule has 3 fully saturated rings. The molecule has 2 amide bonds. The third kappa shape index (κ3) is 10.2. The predicted octanol–water partition coefficient (Wildman–Crippen LogP) is 4.67. The minimum atomic E-state index is -4.06. The van der Waals surface area contributed by atoms with Crippen molar-refractivity contribution in [1.29, 1.82) is 0 Å². The molecular formula is C42H56Cl2N6O8S. The summed E-state index contributed by atoms with van der Waals surface area (Å²) >= 11 is 12.7. The highest BCUT2D eigenvalue weighted by Crippen LogP contribution is 2.47. The van der Waals surface area contributed by atoms with E-state index in [1.807, 2.05) is 36.1 Å². The van der Waals surface area contributed by atoms with Crippen molar-refractivity contribution in [3.63, 3.8) is 0 Å². The summed E-state index contributed by atoms with van der Waals surface area (Å²) in [6, 6.07) is 16.9. The number of hydrogen-bond donors (Lipinski definition) is 2. The van der Waals surface area contributed by atoms with Crippen molar-refractivity contribution in [3.8, 4) is 11.5 Å². The maximum atomic E-state index is 15.6. The van der Waals surface area contributed by atoms with Crippen LogP contribution in [-0.2, 0) is 34.7 Å². The highest BCUT2D eigenvalue weighted by molar-refractivity contribution is 7.89. The van der Waals surface area contributed by atoms with E-state index in [1.165, 1.54) is 11.4 Å². The summed E-state index contributed by atoms with van der Waals surface area (Å²) in [7, 11) is 0.570. The highest BCUT2D eigenvalue weighted by atomic mass is 35.5. The van der Waals surface area contributed by atoms with Crippen molar-refractivity contribution >= 4 is 45.0 Å². The van der Waals surface area contributed by atoms with Crippen molar-refractivity contribution < 1.29 is 37.0 Å². The van der Waals surface area contributed by atoms with Crippen LogP contribution in [0.25, 0.3) is 0 Å². The number of halogens is 2. The Labute approximate surface area is 358 Å². The normalized spacial score (nSPS) is 21.7. The standard InChI is InChI=1S/C42H56Cl2N6O8S/c1-5-58-35-28-36(57-4)37(59(53,54)50-17-7-6-8-18-50)27-34(35)42(41(52)49-21-19-47(20-22-49)29-38(51)48(23-25-55-2)24-26-56-3)45-39(30-9-13-32(43)14-10-30)40(46-42)31-11-15-33(44)16-12-31/h9-16,27-28,39-40,45-46H,5-8,17-26,29H2,1-4H3/t39-,40+,42?. The van der Waals surface area contributed by atoms with E-state index >= 15 is 4.79 Å². The van der Waals surface area contributed by atoms with E-state index < -0.39 is 27.8 Å². The van der Waals surface area contributed by atoms with Crippen LogP contribution >= 0.6 is 23.2 Å². The summed E-state index contributed by atoms with van der Waals surface area (Å²) in [4.78, 5) is 34.5. The molecule has 14 nitrogen and oxygen atoms in total. The lowest BCUT2D eigenvalue weighted by molar-refractivity contribution is -0.142. The molecule has 0 radical (unpaired) electrons. The van der Waals surface area contributed by atoms with E-state index in [-0.39, 0.29) is 35.6 Å². The number of carbonyl (C=O) groups is 2. The average molecular weight is 876 g/mol. The Morgan fingerprint density at radius 2 is 1.32 bits per heavy atom. The van der Waals surface area contributed by atoms with Gasteiger partial charge in [0.25, 0.3) is 5.91 Å². The Hall–Kier alpha value is -3.51. The summed E-state index contributed by atoms with van der Waals surface area (Å²) in [5, 5.41) is 8.52. The van der Waals surface area contributed by atoms with Gasteiger partial charge in [-0.05, 0) is 61.2 Å². The second-order valence-corrected chi connectivity index (χ2v) is 17.7. The first-order valence-electron chi connectivity index (χ1n) is 20.1. The Morgan fingerprint density at radius 1 is 0.780 bits per heavy atom. The van der Waals surface area contributed by atoms with Gasteiger partial charge >= 0.3 is 0 Å². The minimum Gasteiger partial charge on any atom is -0.495 e. The van der Waals surface area contributed by atoms with Gasteiger partial charge in [-0.1, -0.05) is 53.9 Å². The molecule has 0 saturated carbocycles. The maximum absolute atomic E-state index is 15.6. The summed E-state index contributed by atoms with van der Waals surface area (Å²) in [6.45, 7) is 6.21. The largest absolute Gasteiger partial charge is 0.495 e. The van der Waals surface area contributed by atoms with Gasteiger partial charge in [-0.3, -0.25) is 25.1 Å². The van der Waals surface area contributed by atoms with E-state index in [0.29, 0.717) is 86.9 Å². The van der Waals surface area contributed by atoms with Gasteiger partial charge in [-0.2, -0.15) is 4.31 Å². The molecule has 3 aromatic rings. The van der Waals surface area contributed by atoms with Gasteiger partial charge in [0.05, 0.1) is 45.6 Å². The third-order valence-electron chi connectivity index (χ3n) is 11.3. The lowest BCUT2D eigenvalue weighted by atomic mass is 9.95. The molecule has 0 aromatic heterocycles. The molecule has 3 aliphatic rings. The predicted molar refractivity (Wildman–Crippen MR) is 226 cm³/mol. The first-order valence-corrected chi connectivity index (χ1v) is 22.3. The molecule has 0 bridgehead atoms. The molecule has 322 valence electrons. The number of piperidine rings is 1. The Balaban J connectivity index is 1.43. The molecule has 0 spiro atoms. The minimum absolute atomic E-state index is 0.0480. The highest BCUT2D eigenvalue weighted by Gasteiger charge is 2.55. The maximum Gasteiger partial charge on any atom is 0.262 e. The number of carbonyl (C=O) groups excluding carboxylic acids is 2. The average Bonchev–Trinajstić information content (AvgIpc) is 3.66. The molecule has 2 N–H and O–H groups in total. The van der Waals surface area contributed by atoms with E-state index in [0.717, 1.165) is 30.4 Å². The molecule has 3 aliphatic heterocycles. The van der Waals surface area contributed by atoms with Crippen molar-refractivity contribution in [2.24, 2.45) is 0 Å². The SMILES string of the molecule is CCOc1cc(OC)c(S(=O)(=O)N2CCCCC2)cc1C1(C(=O)N2CCN(CC(=O)N(CCOC)CCOC)CC2)N[C@H](c2ccc(Cl)cc2)[C@H](c2ccc(Cl)cc2)N1. The summed E-state index contributed by atoms with van der Waals surface area (Å²) in [5.41, 5.74) is 0.283. The van der Waals surface area contributed by atoms with Crippen LogP contribution in [0.2, 0.25) is 10.0 Å². The summed E-state index contributed by atoms with van der Waals surface area (Å²) < 4.78 is 53.0. The van der Waals surface area contributed by atoms with Crippen molar-refractivity contribution in [2.75, 3.05) is 100 Å². The Bertz CT molecular complexity index is 1930. The zero-order valence-electron chi connectivity index (χ0n) is 34.3. The number of methoxy groups -OCH3 is 3. The van der Waals surface area contributed by atoms with E-state index in [9.17, 15) is 13.2 Å². The smallest absolute Gasteiger partial charge is 0.262 e. The number of amides is 2. The lowest BCUT2D eigenvalue weighted by Gasteiger charge is -2.41. The molecule has 3 aromatic carbocycles. The second kappa shape index (κ2) is 20.4. The van der Waals surface area contributed by atoms with Crippen molar-refractivity contribution in [1.82, 2.24) is 29.6 Å². The number of nitrogens with zero attached hydrogens (tertiary/aromatic N) is 4. The molecule has 59 heavy (non-hydrogen) atoms. The monoisotopic (exact) mass is 874 g/mol. The Morgan fingerprint density at radius 3 is 1.81 bits per heavy atom. The number of benzene rings is 3. The Kier molecular flexibility index (Phi) is 15.5. The van der Waals surface area contributed by atoms with Crippen molar-refractivity contribution in [3.05, 3.63) is 87.4 Å². The molecule has 1 unspecified atom stereocenters. The van der Waals surface area contributed by atoms with Crippen LogP contribution in [0.1, 0.15) is 55.0 Å². The number of sulfonamides is 1. The number of piperazine rings is 1. The zero-order chi connectivity index (χ0) is 42.2. The molecule has 17 heteroatoms. The van der Waals surface area contributed by atoms with Crippen LogP contribution in [0.15, 0.2) is 65.6 Å². The van der Waals surface area contributed by atoms with Crippen LogP contribution in [0.4, 0.5) is 0 Å². The molecule has 3 saturated heterocycles. The molecule has 0 aliphatic carbocycles. The molecule has 3 atom stereocenters. The van der Waals surface area contributed by atoms with Gasteiger partial charge in [0.2, 0.25) is 15.9 Å². The molecule has 3 heterocycles. The number of ether oxygens (including phenoxy) is 4. The molecular weight excluding hydrogens is 819 g/mol. The summed E-state index contributed by atoms with van der Waals surface area (Å²) in [6.07, 6.45) is 2.44. The van der Waals surface area contributed by atoms with Crippen LogP contribution in [0.3, 0.4) is 0 Å². The van der Waals surface area contributed by atoms with E-state index in [4.69, 9.17) is 42.1 Å². The van der Waals surface area contributed by atoms with Gasteiger partial charge in [0.1, 0.15) is 16.4 Å². The van der Waals surface area contributed by atoms with Gasteiger partial charge in [0, 0.05) is 88.3 Å². The van der Waals surface area contributed by atoms with Crippen LogP contribution < -0.4 is 20.1 Å². The van der Waals surface area contributed by atoms with Crippen LogP contribution in [0, 0.1) is 0 Å². The fourth-order valence-electron chi connectivity index (χ4n) is 8.08. The third-order valence-corrected chi connectivity index (χ3v) is 13.7. The lowest BCUT2D eigenvalue weighted by Crippen LogP contribution is -2.62. The fourth-order valence-corrected chi connectivity index (χ4v) is 10.0. The molecule has 6 rings (SSSR count). The quantitative estimate of drug-likeness (QED) is 0.196. The van der Waals surface area contributed by atoms with Crippen LogP contribution in [-0.4, -0.2) is 139 Å².